The molecule has 0 saturated heterocycles. The highest BCUT2D eigenvalue weighted by atomic mass is 35.5. The first kappa shape index (κ1) is 22.7. The van der Waals surface area contributed by atoms with E-state index < -0.39 is 12.1 Å². The summed E-state index contributed by atoms with van der Waals surface area (Å²) in [6, 6.07) is 7.32. The minimum Gasteiger partial charge on any atom is -0.475 e. The van der Waals surface area contributed by atoms with Crippen molar-refractivity contribution in [1.82, 2.24) is 15.5 Å². The fraction of sp³-hybridized carbons (Fsp3) is 0.389. The van der Waals surface area contributed by atoms with E-state index in [0.717, 1.165) is 16.8 Å². The number of hydrogen-bond donors (Lipinski definition) is 4. The first-order chi connectivity index (χ1) is 13.3. The van der Waals surface area contributed by atoms with E-state index in [2.05, 4.69) is 34.7 Å². The van der Waals surface area contributed by atoms with E-state index in [4.69, 9.17) is 21.5 Å². The van der Waals surface area contributed by atoms with E-state index in [1.54, 1.807) is 12.1 Å². The molecule has 1 aromatic carbocycles. The smallest absolute Gasteiger partial charge is 0.475 e. The summed E-state index contributed by atoms with van der Waals surface area (Å²) in [6.07, 6.45) is -5.08. The van der Waals surface area contributed by atoms with Gasteiger partial charge >= 0.3 is 12.1 Å². The van der Waals surface area contributed by atoms with Crippen LogP contribution in [0.1, 0.15) is 43.5 Å². The minimum atomic E-state index is -5.08. The maximum atomic E-state index is 12.4. The number of nitrogens with one attached hydrogen (secondary N) is 3. The summed E-state index contributed by atoms with van der Waals surface area (Å²) in [4.78, 5) is 21.3. The zero-order chi connectivity index (χ0) is 22.0. The minimum absolute atomic E-state index is 0.0821. The number of alkyl halides is 3. The third kappa shape index (κ3) is 5.48. The molecule has 11 heteroatoms. The average Bonchev–Trinajstić information content (AvgIpc) is 3.16. The molecule has 1 aliphatic rings. The van der Waals surface area contributed by atoms with Crippen molar-refractivity contribution < 1.29 is 27.9 Å². The summed E-state index contributed by atoms with van der Waals surface area (Å²) in [7, 11) is 0. The number of aromatic nitrogens is 2. The Balaban J connectivity index is 0.000000370. The topological polar surface area (TPSA) is 107 Å². The quantitative estimate of drug-likeness (QED) is 0.590. The highest BCUT2D eigenvalue weighted by molar-refractivity contribution is 6.30. The lowest BCUT2D eigenvalue weighted by Crippen LogP contribution is -2.29. The van der Waals surface area contributed by atoms with Crippen LogP contribution in [0, 0.1) is 0 Å². The number of carboxylic acid groups (broad SMARTS) is 1. The number of fused-ring (bicyclic) bond motifs is 1. The van der Waals surface area contributed by atoms with Gasteiger partial charge in [0.25, 0.3) is 0 Å². The number of aliphatic carboxylic acids is 1. The van der Waals surface area contributed by atoms with Gasteiger partial charge in [-0.05, 0) is 38.5 Å². The molecule has 1 unspecified atom stereocenters. The predicted octanol–water partition coefficient (Wildman–Crippen LogP) is 3.78. The standard InChI is InChI=1S/C16H19ClN4O.C2HF3O2/c1-9(10-4-6-11(17)7-5-10)15(22)19-14-12-8-18-16(2,3)13(12)20-21-14;3-2(4,5)1(6)7/h4-7,9,18H,8H2,1-3H3,(H2,19,20,21,22);(H,6,7). The molecule has 0 spiro atoms. The molecule has 0 saturated carbocycles. The number of benzene rings is 1. The SMILES string of the molecule is CC(C(=O)Nc1n[nH]c2c1CNC2(C)C)c1ccc(Cl)cc1.O=C(O)C(F)(F)F. The van der Waals surface area contributed by atoms with E-state index >= 15 is 0 Å². The lowest BCUT2D eigenvalue weighted by molar-refractivity contribution is -0.192. The summed E-state index contributed by atoms with van der Waals surface area (Å²) in [6.45, 7) is 6.73. The summed E-state index contributed by atoms with van der Waals surface area (Å²) in [5.74, 6) is -2.50. The van der Waals surface area contributed by atoms with Crippen LogP contribution in [0.4, 0.5) is 19.0 Å². The molecule has 3 rings (SSSR count). The molecular formula is C18H20ClF3N4O3. The molecule has 1 amide bonds. The van der Waals surface area contributed by atoms with Gasteiger partial charge in [0.1, 0.15) is 0 Å². The Morgan fingerprint density at radius 2 is 1.83 bits per heavy atom. The Bertz CT molecular complexity index is 895. The molecule has 4 N–H and O–H groups in total. The van der Waals surface area contributed by atoms with Gasteiger partial charge in [-0.1, -0.05) is 23.7 Å². The van der Waals surface area contributed by atoms with Crippen LogP contribution in [-0.4, -0.2) is 33.4 Å². The van der Waals surface area contributed by atoms with Gasteiger partial charge in [-0.2, -0.15) is 18.3 Å². The molecule has 158 valence electrons. The van der Waals surface area contributed by atoms with E-state index in [1.807, 2.05) is 19.1 Å². The number of aromatic amines is 1. The van der Waals surface area contributed by atoms with Gasteiger partial charge in [0, 0.05) is 17.1 Å². The van der Waals surface area contributed by atoms with Crippen LogP contribution in [-0.2, 0) is 21.7 Å². The predicted molar refractivity (Wildman–Crippen MR) is 101 cm³/mol. The molecule has 0 fully saturated rings. The van der Waals surface area contributed by atoms with E-state index in [1.165, 1.54) is 0 Å². The van der Waals surface area contributed by atoms with Crippen molar-refractivity contribution in [3.05, 3.63) is 46.1 Å². The van der Waals surface area contributed by atoms with Crippen LogP contribution in [0.3, 0.4) is 0 Å². The van der Waals surface area contributed by atoms with E-state index in [0.29, 0.717) is 17.4 Å². The van der Waals surface area contributed by atoms with E-state index in [-0.39, 0.29) is 17.4 Å². The number of H-pyrrole nitrogens is 1. The van der Waals surface area contributed by atoms with Gasteiger partial charge in [-0.3, -0.25) is 9.89 Å². The molecule has 0 aliphatic carbocycles. The largest absolute Gasteiger partial charge is 0.490 e. The van der Waals surface area contributed by atoms with Gasteiger partial charge < -0.3 is 15.7 Å². The number of nitrogens with zero attached hydrogens (tertiary/aromatic N) is 1. The number of amides is 1. The summed E-state index contributed by atoms with van der Waals surface area (Å²) < 4.78 is 31.7. The molecule has 29 heavy (non-hydrogen) atoms. The first-order valence-electron chi connectivity index (χ1n) is 8.52. The zero-order valence-corrected chi connectivity index (χ0v) is 16.6. The lowest BCUT2D eigenvalue weighted by Gasteiger charge is -2.17. The van der Waals surface area contributed by atoms with Crippen LogP contribution < -0.4 is 10.6 Å². The van der Waals surface area contributed by atoms with Gasteiger partial charge in [-0.25, -0.2) is 4.79 Å². The van der Waals surface area contributed by atoms with Crippen molar-refractivity contribution >= 4 is 29.3 Å². The van der Waals surface area contributed by atoms with Crippen LogP contribution in [0.5, 0.6) is 0 Å². The molecule has 1 atom stereocenters. The van der Waals surface area contributed by atoms with Crippen LogP contribution in [0.15, 0.2) is 24.3 Å². The Morgan fingerprint density at radius 3 is 2.34 bits per heavy atom. The fourth-order valence-electron chi connectivity index (χ4n) is 2.68. The summed E-state index contributed by atoms with van der Waals surface area (Å²) in [5, 5.41) is 21.4. The molecule has 2 aromatic rings. The first-order valence-corrected chi connectivity index (χ1v) is 8.90. The van der Waals surface area contributed by atoms with Gasteiger partial charge in [0.15, 0.2) is 5.82 Å². The second-order valence-corrected chi connectivity index (χ2v) is 7.41. The number of carboxylic acids is 1. The molecule has 1 aromatic heterocycles. The lowest BCUT2D eigenvalue weighted by atomic mass is 10.00. The molecule has 0 radical (unpaired) electrons. The normalized spacial score (nSPS) is 15.7. The Morgan fingerprint density at radius 1 is 1.28 bits per heavy atom. The highest BCUT2D eigenvalue weighted by Crippen LogP contribution is 2.33. The Hall–Kier alpha value is -2.59. The molecule has 7 nitrogen and oxygen atoms in total. The highest BCUT2D eigenvalue weighted by Gasteiger charge is 2.38. The zero-order valence-electron chi connectivity index (χ0n) is 15.8. The number of carbonyl (C=O) groups is 2. The molecular weight excluding hydrogens is 413 g/mol. The maximum Gasteiger partial charge on any atom is 0.490 e. The van der Waals surface area contributed by atoms with Crippen molar-refractivity contribution in [2.24, 2.45) is 0 Å². The monoisotopic (exact) mass is 432 g/mol. The summed E-state index contributed by atoms with van der Waals surface area (Å²) in [5.41, 5.74) is 2.84. The Labute approximate surface area is 169 Å². The number of rotatable bonds is 3. The van der Waals surface area contributed by atoms with Crippen molar-refractivity contribution in [2.45, 2.75) is 44.9 Å². The van der Waals surface area contributed by atoms with Crippen molar-refractivity contribution in [2.75, 3.05) is 5.32 Å². The number of anilines is 1. The van der Waals surface area contributed by atoms with Gasteiger partial charge in [0.2, 0.25) is 5.91 Å². The number of carbonyl (C=O) groups excluding carboxylic acids is 1. The average molecular weight is 433 g/mol. The van der Waals surface area contributed by atoms with Crippen molar-refractivity contribution in [1.29, 1.82) is 0 Å². The number of hydrogen-bond acceptors (Lipinski definition) is 4. The Kier molecular flexibility index (Phi) is 6.59. The molecule has 0 bridgehead atoms. The number of halogens is 4. The summed E-state index contributed by atoms with van der Waals surface area (Å²) >= 11 is 5.88. The van der Waals surface area contributed by atoms with E-state index in [9.17, 15) is 18.0 Å². The molecule has 2 heterocycles. The third-order valence-corrected chi connectivity index (χ3v) is 4.70. The van der Waals surface area contributed by atoms with Crippen LogP contribution >= 0.6 is 11.6 Å². The molecule has 1 aliphatic heterocycles. The van der Waals surface area contributed by atoms with Gasteiger partial charge in [0.05, 0.1) is 17.2 Å². The van der Waals surface area contributed by atoms with Crippen LogP contribution in [0.2, 0.25) is 5.02 Å². The van der Waals surface area contributed by atoms with Gasteiger partial charge in [-0.15, -0.1) is 0 Å². The fourth-order valence-corrected chi connectivity index (χ4v) is 2.81. The maximum absolute atomic E-state index is 12.4. The third-order valence-electron chi connectivity index (χ3n) is 4.45. The second kappa shape index (κ2) is 8.42. The van der Waals surface area contributed by atoms with Crippen molar-refractivity contribution in [3.63, 3.8) is 0 Å². The van der Waals surface area contributed by atoms with Crippen molar-refractivity contribution in [3.8, 4) is 0 Å². The van der Waals surface area contributed by atoms with Crippen LogP contribution in [0.25, 0.3) is 0 Å². The second-order valence-electron chi connectivity index (χ2n) is 6.97.